The Morgan fingerprint density at radius 2 is 2.00 bits per heavy atom. The Kier molecular flexibility index (Phi) is 5.97. The van der Waals surface area contributed by atoms with E-state index in [0.717, 1.165) is 29.9 Å². The summed E-state index contributed by atoms with van der Waals surface area (Å²) in [7, 11) is 0. The van der Waals surface area contributed by atoms with Gasteiger partial charge in [0.15, 0.2) is 0 Å². The number of rotatable bonds is 7. The number of alkyl halides is 3. The van der Waals surface area contributed by atoms with Gasteiger partial charge in [-0.15, -0.1) is 0 Å². The number of carbonyl (C=O) groups excluding carboxylic acids is 1. The van der Waals surface area contributed by atoms with Crippen molar-refractivity contribution in [3.63, 3.8) is 0 Å². The molecule has 2 N–H and O–H groups in total. The highest BCUT2D eigenvalue weighted by molar-refractivity contribution is 5.94. The van der Waals surface area contributed by atoms with Gasteiger partial charge in [-0.25, -0.2) is 4.68 Å². The monoisotopic (exact) mass is 340 g/mol. The Bertz CT molecular complexity index is 682. The van der Waals surface area contributed by atoms with Crippen LogP contribution in [0.15, 0.2) is 36.5 Å². The molecule has 0 atom stereocenters. The summed E-state index contributed by atoms with van der Waals surface area (Å²) in [6, 6.07) is 6.83. The van der Waals surface area contributed by atoms with Crippen molar-refractivity contribution in [3.05, 3.63) is 47.8 Å². The van der Waals surface area contributed by atoms with Crippen LogP contribution in [0.1, 0.15) is 29.4 Å². The molecule has 1 heterocycles. The molecule has 0 aliphatic carbocycles. The zero-order chi connectivity index (χ0) is 17.6. The zero-order valence-corrected chi connectivity index (χ0v) is 13.2. The second-order valence-corrected chi connectivity index (χ2v) is 5.18. The standard InChI is InChI=1S/C16H19F3N4O/c1-2-7-20-9-10-21-15(24)12-4-3-5-13(11-12)23-14(6-8-22-23)16(17,18)19/h3-6,8,11,20H,2,7,9-10H2,1H3,(H,21,24). The predicted octanol–water partition coefficient (Wildman–Crippen LogP) is 2.62. The molecule has 0 fully saturated rings. The highest BCUT2D eigenvalue weighted by Gasteiger charge is 2.35. The highest BCUT2D eigenvalue weighted by Crippen LogP contribution is 2.30. The first-order chi connectivity index (χ1) is 11.4. The number of hydrogen-bond acceptors (Lipinski definition) is 3. The summed E-state index contributed by atoms with van der Waals surface area (Å²) in [4.78, 5) is 12.1. The van der Waals surface area contributed by atoms with Gasteiger partial charge in [0.25, 0.3) is 5.91 Å². The maximum Gasteiger partial charge on any atom is 0.433 e. The van der Waals surface area contributed by atoms with Gasteiger partial charge >= 0.3 is 6.18 Å². The number of hydrogen-bond donors (Lipinski definition) is 2. The normalized spacial score (nSPS) is 11.5. The molecule has 1 aromatic heterocycles. The van der Waals surface area contributed by atoms with E-state index in [4.69, 9.17) is 0 Å². The van der Waals surface area contributed by atoms with Crippen LogP contribution >= 0.6 is 0 Å². The first kappa shape index (κ1) is 18.0. The minimum Gasteiger partial charge on any atom is -0.351 e. The van der Waals surface area contributed by atoms with Crippen LogP contribution in [0.5, 0.6) is 0 Å². The maximum atomic E-state index is 12.9. The minimum absolute atomic E-state index is 0.184. The number of carbonyl (C=O) groups is 1. The molecule has 1 amide bonds. The summed E-state index contributed by atoms with van der Waals surface area (Å²) >= 11 is 0. The fraction of sp³-hybridized carbons (Fsp3) is 0.375. The SMILES string of the molecule is CCCNCCNC(=O)c1cccc(-n2nccc2C(F)(F)F)c1. The maximum absolute atomic E-state index is 12.9. The molecule has 24 heavy (non-hydrogen) atoms. The molecular weight excluding hydrogens is 321 g/mol. The molecule has 130 valence electrons. The number of nitrogens with zero attached hydrogens (tertiary/aromatic N) is 2. The molecule has 0 bridgehead atoms. The molecule has 0 aliphatic rings. The number of aromatic nitrogens is 2. The lowest BCUT2D eigenvalue weighted by Gasteiger charge is -2.11. The third-order valence-corrected chi connectivity index (χ3v) is 3.30. The summed E-state index contributed by atoms with van der Waals surface area (Å²) in [5.74, 6) is -0.337. The van der Waals surface area contributed by atoms with Crippen molar-refractivity contribution in [2.45, 2.75) is 19.5 Å². The lowest BCUT2D eigenvalue weighted by atomic mass is 10.2. The average Bonchev–Trinajstić information content (AvgIpc) is 3.04. The van der Waals surface area contributed by atoms with Crippen LogP contribution in [0, 0.1) is 0 Å². The van der Waals surface area contributed by atoms with Crippen molar-refractivity contribution in [3.8, 4) is 5.69 Å². The van der Waals surface area contributed by atoms with Crippen molar-refractivity contribution in [2.75, 3.05) is 19.6 Å². The fourth-order valence-electron chi connectivity index (χ4n) is 2.17. The quantitative estimate of drug-likeness (QED) is 0.762. The summed E-state index contributed by atoms with van der Waals surface area (Å²) < 4.78 is 39.6. The average molecular weight is 340 g/mol. The summed E-state index contributed by atoms with van der Waals surface area (Å²) in [5.41, 5.74) is -0.417. The van der Waals surface area contributed by atoms with E-state index in [9.17, 15) is 18.0 Å². The van der Waals surface area contributed by atoms with Gasteiger partial charge in [-0.05, 0) is 37.2 Å². The van der Waals surface area contributed by atoms with E-state index in [1.807, 2.05) is 6.92 Å². The Morgan fingerprint density at radius 1 is 1.21 bits per heavy atom. The smallest absolute Gasteiger partial charge is 0.351 e. The van der Waals surface area contributed by atoms with E-state index in [0.29, 0.717) is 13.1 Å². The summed E-state index contributed by atoms with van der Waals surface area (Å²) in [6.45, 7) is 3.99. The second kappa shape index (κ2) is 7.96. The predicted molar refractivity (Wildman–Crippen MR) is 84.1 cm³/mol. The fourth-order valence-corrected chi connectivity index (χ4v) is 2.17. The van der Waals surface area contributed by atoms with Crippen LogP contribution in [0.4, 0.5) is 13.2 Å². The molecule has 2 rings (SSSR count). The van der Waals surface area contributed by atoms with E-state index in [1.165, 1.54) is 18.2 Å². The van der Waals surface area contributed by atoms with Crippen molar-refractivity contribution in [1.82, 2.24) is 20.4 Å². The van der Waals surface area contributed by atoms with Crippen molar-refractivity contribution >= 4 is 5.91 Å². The Morgan fingerprint density at radius 3 is 2.71 bits per heavy atom. The van der Waals surface area contributed by atoms with Crippen LogP contribution in [-0.4, -0.2) is 35.3 Å². The topological polar surface area (TPSA) is 58.9 Å². The van der Waals surface area contributed by atoms with Crippen molar-refractivity contribution in [1.29, 1.82) is 0 Å². The van der Waals surface area contributed by atoms with Gasteiger partial charge < -0.3 is 10.6 Å². The second-order valence-electron chi connectivity index (χ2n) is 5.18. The Labute approximate surface area is 137 Å². The van der Waals surface area contributed by atoms with Crippen LogP contribution in [0.3, 0.4) is 0 Å². The first-order valence-electron chi connectivity index (χ1n) is 7.64. The molecule has 8 heteroatoms. The molecule has 0 saturated carbocycles. The van der Waals surface area contributed by atoms with E-state index in [-0.39, 0.29) is 17.2 Å². The van der Waals surface area contributed by atoms with Gasteiger partial charge in [0.1, 0.15) is 5.69 Å². The van der Waals surface area contributed by atoms with E-state index in [2.05, 4.69) is 15.7 Å². The molecule has 0 saturated heterocycles. The summed E-state index contributed by atoms with van der Waals surface area (Å²) in [5, 5.41) is 9.57. The van der Waals surface area contributed by atoms with E-state index in [1.54, 1.807) is 6.07 Å². The van der Waals surface area contributed by atoms with Crippen molar-refractivity contribution in [2.24, 2.45) is 0 Å². The molecular formula is C16H19F3N4O. The molecule has 1 aromatic carbocycles. The molecule has 0 aliphatic heterocycles. The summed E-state index contributed by atoms with van der Waals surface area (Å²) in [6.07, 6.45) is -2.43. The van der Waals surface area contributed by atoms with Crippen LogP contribution in [0.2, 0.25) is 0 Å². The number of nitrogens with one attached hydrogen (secondary N) is 2. The largest absolute Gasteiger partial charge is 0.433 e. The van der Waals surface area contributed by atoms with Gasteiger partial charge in [-0.2, -0.15) is 18.3 Å². The number of amides is 1. The highest BCUT2D eigenvalue weighted by atomic mass is 19.4. The van der Waals surface area contributed by atoms with Gasteiger partial charge in [-0.3, -0.25) is 4.79 Å². The number of halogens is 3. The lowest BCUT2D eigenvalue weighted by Crippen LogP contribution is -2.32. The Balaban J connectivity index is 2.09. The van der Waals surface area contributed by atoms with E-state index < -0.39 is 11.9 Å². The van der Waals surface area contributed by atoms with Crippen molar-refractivity contribution < 1.29 is 18.0 Å². The zero-order valence-electron chi connectivity index (χ0n) is 13.2. The molecule has 2 aromatic rings. The molecule has 0 radical (unpaired) electrons. The first-order valence-corrected chi connectivity index (χ1v) is 7.64. The van der Waals surface area contributed by atoms with E-state index >= 15 is 0 Å². The van der Waals surface area contributed by atoms with Crippen LogP contribution in [-0.2, 0) is 6.18 Å². The molecule has 0 spiro atoms. The number of benzene rings is 1. The van der Waals surface area contributed by atoms with Gasteiger partial charge in [0.05, 0.1) is 11.9 Å². The third-order valence-electron chi connectivity index (χ3n) is 3.30. The van der Waals surface area contributed by atoms with Gasteiger partial charge in [0, 0.05) is 18.7 Å². The Hall–Kier alpha value is -2.35. The van der Waals surface area contributed by atoms with Gasteiger partial charge in [-0.1, -0.05) is 13.0 Å². The van der Waals surface area contributed by atoms with Gasteiger partial charge in [0.2, 0.25) is 0 Å². The molecule has 5 nitrogen and oxygen atoms in total. The van der Waals surface area contributed by atoms with Crippen LogP contribution < -0.4 is 10.6 Å². The van der Waals surface area contributed by atoms with Crippen LogP contribution in [0.25, 0.3) is 5.69 Å². The lowest BCUT2D eigenvalue weighted by molar-refractivity contribution is -0.142. The minimum atomic E-state index is -4.51. The third kappa shape index (κ3) is 4.58. The molecule has 0 unspecified atom stereocenters.